The topological polar surface area (TPSA) is 101 Å². The minimum Gasteiger partial charge on any atom is -0.480 e. The average Bonchev–Trinajstić information content (AvgIpc) is 2.33. The maximum absolute atomic E-state index is 12.7. The number of halogens is 3. The zero-order chi connectivity index (χ0) is 17.0. The van der Waals surface area contributed by atoms with Gasteiger partial charge in [0.1, 0.15) is 11.5 Å². The Morgan fingerprint density at radius 1 is 1.14 bits per heavy atom. The Bertz CT molecular complexity index is 670. The van der Waals surface area contributed by atoms with Crippen LogP contribution < -0.4 is 5.32 Å². The van der Waals surface area contributed by atoms with Gasteiger partial charge >= 0.3 is 12.1 Å². The van der Waals surface area contributed by atoms with Crippen molar-refractivity contribution in [3.8, 4) is 0 Å². The van der Waals surface area contributed by atoms with Crippen molar-refractivity contribution in [3.05, 3.63) is 35.4 Å². The third kappa shape index (κ3) is 5.72. The van der Waals surface area contributed by atoms with Gasteiger partial charge in [-0.05, 0) is 11.6 Å². The largest absolute Gasteiger partial charge is 0.480 e. The summed E-state index contributed by atoms with van der Waals surface area (Å²) in [4.78, 5) is 21.7. The van der Waals surface area contributed by atoms with Gasteiger partial charge in [0.25, 0.3) is 0 Å². The first-order valence-electron chi connectivity index (χ1n) is 5.85. The van der Waals surface area contributed by atoms with E-state index in [9.17, 15) is 31.2 Å². The molecule has 0 saturated heterocycles. The van der Waals surface area contributed by atoms with Crippen molar-refractivity contribution >= 4 is 21.7 Å². The molecule has 0 aliphatic heterocycles. The molecule has 0 unspecified atom stereocenters. The highest BCUT2D eigenvalue weighted by atomic mass is 32.2. The number of carboxylic acid groups (broad SMARTS) is 1. The van der Waals surface area contributed by atoms with Crippen LogP contribution in [0.15, 0.2) is 24.3 Å². The average molecular weight is 339 g/mol. The van der Waals surface area contributed by atoms with Gasteiger partial charge in [-0.25, -0.2) is 8.42 Å². The van der Waals surface area contributed by atoms with Gasteiger partial charge in [0.2, 0.25) is 5.91 Å². The second kappa shape index (κ2) is 6.77. The van der Waals surface area contributed by atoms with E-state index in [0.717, 1.165) is 12.1 Å². The van der Waals surface area contributed by atoms with E-state index >= 15 is 0 Å². The summed E-state index contributed by atoms with van der Waals surface area (Å²) in [5, 5.41) is 10.4. The van der Waals surface area contributed by atoms with Crippen LogP contribution in [0.4, 0.5) is 13.2 Å². The molecule has 1 aromatic rings. The fraction of sp³-hybridized carbons (Fsp3) is 0.333. The minimum absolute atomic E-state index is 0.223. The molecular weight excluding hydrogens is 327 g/mol. The number of carboxylic acids is 1. The summed E-state index contributed by atoms with van der Waals surface area (Å²) in [5.41, 5.74) is -1.16. The molecule has 10 heteroatoms. The Kier molecular flexibility index (Phi) is 5.53. The SMILES string of the molecule is O=C(O)CS(=O)(=O)CC(=O)NCc1ccccc1C(F)(F)F. The molecule has 0 heterocycles. The van der Waals surface area contributed by atoms with Crippen LogP contribution in [0.2, 0.25) is 0 Å². The molecule has 0 spiro atoms. The minimum atomic E-state index is -4.60. The quantitative estimate of drug-likeness (QED) is 0.799. The molecule has 1 amide bonds. The van der Waals surface area contributed by atoms with E-state index in [1.165, 1.54) is 12.1 Å². The van der Waals surface area contributed by atoms with Gasteiger partial charge in [-0.15, -0.1) is 0 Å². The molecule has 0 bridgehead atoms. The zero-order valence-electron chi connectivity index (χ0n) is 11.1. The molecule has 6 nitrogen and oxygen atoms in total. The third-order valence-electron chi connectivity index (χ3n) is 2.49. The first kappa shape index (κ1) is 18.0. The summed E-state index contributed by atoms with van der Waals surface area (Å²) in [6.45, 7) is -0.517. The van der Waals surface area contributed by atoms with E-state index in [0.29, 0.717) is 0 Å². The van der Waals surface area contributed by atoms with Gasteiger partial charge in [-0.1, -0.05) is 18.2 Å². The maximum atomic E-state index is 12.7. The van der Waals surface area contributed by atoms with E-state index in [4.69, 9.17) is 5.11 Å². The molecule has 1 aromatic carbocycles. The van der Waals surface area contributed by atoms with E-state index in [1.54, 1.807) is 0 Å². The van der Waals surface area contributed by atoms with E-state index in [1.807, 2.05) is 5.32 Å². The van der Waals surface area contributed by atoms with Crippen molar-refractivity contribution in [2.75, 3.05) is 11.5 Å². The van der Waals surface area contributed by atoms with Crippen LogP contribution in [-0.4, -0.2) is 36.9 Å². The van der Waals surface area contributed by atoms with Gasteiger partial charge < -0.3 is 10.4 Å². The number of rotatable bonds is 6. The van der Waals surface area contributed by atoms with E-state index in [2.05, 4.69) is 0 Å². The molecule has 0 aliphatic carbocycles. The molecule has 2 N–H and O–H groups in total. The molecule has 22 heavy (non-hydrogen) atoms. The van der Waals surface area contributed by atoms with Crippen LogP contribution in [0, 0.1) is 0 Å². The first-order valence-corrected chi connectivity index (χ1v) is 7.67. The van der Waals surface area contributed by atoms with Gasteiger partial charge in [-0.2, -0.15) is 13.2 Å². The first-order chi connectivity index (χ1) is 10.0. The number of hydrogen-bond donors (Lipinski definition) is 2. The standard InChI is InChI=1S/C12H12F3NO5S/c13-12(14,15)9-4-2-1-3-8(9)5-16-10(17)6-22(20,21)7-11(18)19/h1-4H,5-7H2,(H,16,17)(H,18,19). The highest BCUT2D eigenvalue weighted by Crippen LogP contribution is 2.31. The van der Waals surface area contributed by atoms with Crippen LogP contribution in [0.25, 0.3) is 0 Å². The van der Waals surface area contributed by atoms with Crippen LogP contribution in [-0.2, 0) is 32.1 Å². The molecule has 0 aromatic heterocycles. The number of amides is 1. The lowest BCUT2D eigenvalue weighted by atomic mass is 10.1. The van der Waals surface area contributed by atoms with Crippen LogP contribution >= 0.6 is 0 Å². The second-order valence-corrected chi connectivity index (χ2v) is 6.42. The normalized spacial score (nSPS) is 12.0. The van der Waals surface area contributed by atoms with Gasteiger partial charge in [0.15, 0.2) is 9.84 Å². The molecule has 0 aliphatic rings. The van der Waals surface area contributed by atoms with Crippen LogP contribution in [0.3, 0.4) is 0 Å². The molecule has 0 saturated carbocycles. The number of benzene rings is 1. The van der Waals surface area contributed by atoms with Crippen LogP contribution in [0.1, 0.15) is 11.1 Å². The predicted octanol–water partition coefficient (Wildman–Crippen LogP) is 0.821. The van der Waals surface area contributed by atoms with Gasteiger partial charge in [0, 0.05) is 6.54 Å². The van der Waals surface area contributed by atoms with Crippen molar-refractivity contribution in [1.29, 1.82) is 0 Å². The Labute approximate surface area is 123 Å². The molecule has 1 rings (SSSR count). The maximum Gasteiger partial charge on any atom is 0.416 e. The number of carbonyl (C=O) groups is 2. The second-order valence-electron chi connectivity index (χ2n) is 4.36. The predicted molar refractivity (Wildman–Crippen MR) is 69.6 cm³/mol. The number of carbonyl (C=O) groups excluding carboxylic acids is 1. The molecule has 0 radical (unpaired) electrons. The Hall–Kier alpha value is -2.10. The van der Waals surface area contributed by atoms with Crippen molar-refractivity contribution < 1.29 is 36.3 Å². The Morgan fingerprint density at radius 2 is 1.73 bits per heavy atom. The highest BCUT2D eigenvalue weighted by Gasteiger charge is 2.32. The summed E-state index contributed by atoms with van der Waals surface area (Å²) >= 11 is 0. The van der Waals surface area contributed by atoms with E-state index in [-0.39, 0.29) is 5.56 Å². The monoisotopic (exact) mass is 339 g/mol. The van der Waals surface area contributed by atoms with Crippen LogP contribution in [0.5, 0.6) is 0 Å². The summed E-state index contributed by atoms with van der Waals surface area (Å²) in [5.74, 6) is -5.01. The summed E-state index contributed by atoms with van der Waals surface area (Å²) in [6, 6.07) is 4.51. The number of aliphatic carboxylic acids is 1. The lowest BCUT2D eigenvalue weighted by molar-refractivity contribution is -0.138. The third-order valence-corrected chi connectivity index (χ3v) is 3.88. The Balaban J connectivity index is 2.72. The number of alkyl halides is 3. The zero-order valence-corrected chi connectivity index (χ0v) is 11.9. The van der Waals surface area contributed by atoms with Gasteiger partial charge in [-0.3, -0.25) is 9.59 Å². The lowest BCUT2D eigenvalue weighted by Crippen LogP contribution is -2.32. The van der Waals surface area contributed by atoms with E-state index < -0.39 is 51.5 Å². The lowest BCUT2D eigenvalue weighted by Gasteiger charge is -2.13. The molecule has 0 atom stereocenters. The Morgan fingerprint density at radius 3 is 2.27 bits per heavy atom. The number of sulfone groups is 1. The van der Waals surface area contributed by atoms with Crippen molar-refractivity contribution in [3.63, 3.8) is 0 Å². The van der Waals surface area contributed by atoms with Gasteiger partial charge in [0.05, 0.1) is 5.56 Å². The summed E-state index contributed by atoms with van der Waals surface area (Å²) in [6.07, 6.45) is -4.60. The van der Waals surface area contributed by atoms with Crippen molar-refractivity contribution in [2.24, 2.45) is 0 Å². The summed E-state index contributed by atoms with van der Waals surface area (Å²) < 4.78 is 60.7. The molecule has 122 valence electrons. The van der Waals surface area contributed by atoms with Crippen molar-refractivity contribution in [2.45, 2.75) is 12.7 Å². The number of nitrogens with one attached hydrogen (secondary N) is 1. The highest BCUT2D eigenvalue weighted by molar-refractivity contribution is 7.92. The number of hydrogen-bond acceptors (Lipinski definition) is 4. The van der Waals surface area contributed by atoms with Crippen molar-refractivity contribution in [1.82, 2.24) is 5.32 Å². The molecular formula is C12H12F3NO5S. The smallest absolute Gasteiger partial charge is 0.416 e. The molecule has 0 fully saturated rings. The fourth-order valence-corrected chi connectivity index (χ4v) is 2.61. The fourth-order valence-electron chi connectivity index (χ4n) is 1.63. The summed E-state index contributed by atoms with van der Waals surface area (Å²) in [7, 11) is -4.16.